The van der Waals surface area contributed by atoms with Gasteiger partial charge in [-0.05, 0) is 42.5 Å². The first-order chi connectivity index (χ1) is 10.8. The van der Waals surface area contributed by atoms with Crippen LogP contribution in [0, 0.1) is 0 Å². The highest BCUT2D eigenvalue weighted by atomic mass is 16.3. The highest BCUT2D eigenvalue weighted by Gasteiger charge is 2.23. The Labute approximate surface area is 128 Å². The molecule has 0 spiro atoms. The SMILES string of the molecule is O=C(NC1CCCc2ccccc21)c1cc2ccccc2o1. The lowest BCUT2D eigenvalue weighted by molar-refractivity contribution is 0.0907. The first kappa shape index (κ1) is 13.1. The molecular weight excluding hydrogens is 274 g/mol. The van der Waals surface area contributed by atoms with E-state index in [-0.39, 0.29) is 11.9 Å². The van der Waals surface area contributed by atoms with Gasteiger partial charge in [0, 0.05) is 5.39 Å². The number of nitrogens with one attached hydrogen (secondary N) is 1. The lowest BCUT2D eigenvalue weighted by atomic mass is 9.88. The van der Waals surface area contributed by atoms with Gasteiger partial charge in [0.25, 0.3) is 5.91 Å². The normalized spacial score (nSPS) is 17.2. The van der Waals surface area contributed by atoms with Gasteiger partial charge >= 0.3 is 0 Å². The number of hydrogen-bond donors (Lipinski definition) is 1. The molecule has 3 nitrogen and oxygen atoms in total. The zero-order valence-electron chi connectivity index (χ0n) is 12.2. The van der Waals surface area contributed by atoms with Crippen molar-refractivity contribution in [2.24, 2.45) is 0 Å². The van der Waals surface area contributed by atoms with Gasteiger partial charge in [-0.25, -0.2) is 0 Å². The van der Waals surface area contributed by atoms with Crippen molar-refractivity contribution in [1.82, 2.24) is 5.32 Å². The van der Waals surface area contributed by atoms with E-state index in [1.54, 1.807) is 6.07 Å². The Morgan fingerprint density at radius 2 is 1.91 bits per heavy atom. The molecule has 1 atom stereocenters. The van der Waals surface area contributed by atoms with Crippen molar-refractivity contribution < 1.29 is 9.21 Å². The number of fused-ring (bicyclic) bond motifs is 2. The second-order valence-electron chi connectivity index (χ2n) is 5.77. The van der Waals surface area contributed by atoms with E-state index in [2.05, 4.69) is 23.5 Å². The predicted octanol–water partition coefficient (Wildman–Crippen LogP) is 4.24. The highest BCUT2D eigenvalue weighted by Crippen LogP contribution is 2.30. The molecule has 1 unspecified atom stereocenters. The monoisotopic (exact) mass is 291 g/mol. The Hall–Kier alpha value is -2.55. The van der Waals surface area contributed by atoms with Crippen LogP contribution in [0.3, 0.4) is 0 Å². The molecule has 0 bridgehead atoms. The summed E-state index contributed by atoms with van der Waals surface area (Å²) in [4.78, 5) is 12.5. The fraction of sp³-hybridized carbons (Fsp3) is 0.211. The molecule has 2 aromatic carbocycles. The fourth-order valence-corrected chi connectivity index (χ4v) is 3.23. The van der Waals surface area contributed by atoms with E-state index < -0.39 is 0 Å². The molecule has 1 heterocycles. The lowest BCUT2D eigenvalue weighted by Gasteiger charge is -2.25. The second-order valence-corrected chi connectivity index (χ2v) is 5.77. The van der Waals surface area contributed by atoms with Gasteiger partial charge < -0.3 is 9.73 Å². The number of aryl methyl sites for hydroxylation is 1. The van der Waals surface area contributed by atoms with Crippen LogP contribution in [0.5, 0.6) is 0 Å². The molecule has 0 saturated carbocycles. The third-order valence-corrected chi connectivity index (χ3v) is 4.32. The Balaban J connectivity index is 1.60. The van der Waals surface area contributed by atoms with Crippen LogP contribution in [0.15, 0.2) is 59.0 Å². The molecule has 1 aromatic heterocycles. The minimum Gasteiger partial charge on any atom is -0.451 e. The molecule has 1 N–H and O–H groups in total. The van der Waals surface area contributed by atoms with Gasteiger partial charge in [0.15, 0.2) is 5.76 Å². The first-order valence-corrected chi connectivity index (χ1v) is 7.68. The van der Waals surface area contributed by atoms with Crippen LogP contribution in [0.2, 0.25) is 0 Å². The Bertz CT molecular complexity index is 801. The van der Waals surface area contributed by atoms with Gasteiger partial charge in [0.2, 0.25) is 0 Å². The summed E-state index contributed by atoms with van der Waals surface area (Å²) in [5.74, 6) is 0.238. The van der Waals surface area contributed by atoms with Gasteiger partial charge in [-0.15, -0.1) is 0 Å². The summed E-state index contributed by atoms with van der Waals surface area (Å²) >= 11 is 0. The summed E-state index contributed by atoms with van der Waals surface area (Å²) in [6, 6.07) is 17.9. The molecule has 1 amide bonds. The van der Waals surface area contributed by atoms with Crippen molar-refractivity contribution in [1.29, 1.82) is 0 Å². The summed E-state index contributed by atoms with van der Waals surface area (Å²) in [6.07, 6.45) is 3.16. The maximum absolute atomic E-state index is 12.5. The van der Waals surface area contributed by atoms with Crippen molar-refractivity contribution in [2.75, 3.05) is 0 Å². The topological polar surface area (TPSA) is 42.2 Å². The number of rotatable bonds is 2. The summed E-state index contributed by atoms with van der Waals surface area (Å²) in [6.45, 7) is 0. The van der Waals surface area contributed by atoms with Crippen LogP contribution in [-0.2, 0) is 6.42 Å². The van der Waals surface area contributed by atoms with Crippen molar-refractivity contribution in [3.63, 3.8) is 0 Å². The summed E-state index contributed by atoms with van der Waals surface area (Å²) in [5, 5.41) is 4.07. The average Bonchev–Trinajstić information content (AvgIpc) is 2.99. The molecule has 3 heteroatoms. The summed E-state index contributed by atoms with van der Waals surface area (Å²) in [5.41, 5.74) is 3.32. The smallest absolute Gasteiger partial charge is 0.287 e. The lowest BCUT2D eigenvalue weighted by Crippen LogP contribution is -2.30. The molecule has 4 rings (SSSR count). The predicted molar refractivity (Wildman–Crippen MR) is 85.8 cm³/mol. The van der Waals surface area contributed by atoms with Gasteiger partial charge in [-0.1, -0.05) is 42.5 Å². The van der Waals surface area contributed by atoms with Crippen LogP contribution in [-0.4, -0.2) is 5.91 Å². The van der Waals surface area contributed by atoms with E-state index in [1.807, 2.05) is 30.3 Å². The fourth-order valence-electron chi connectivity index (χ4n) is 3.23. The van der Waals surface area contributed by atoms with Crippen LogP contribution in [0.1, 0.15) is 40.6 Å². The minimum atomic E-state index is -0.141. The maximum Gasteiger partial charge on any atom is 0.287 e. The van der Waals surface area contributed by atoms with Gasteiger partial charge in [-0.2, -0.15) is 0 Å². The number of amides is 1. The zero-order chi connectivity index (χ0) is 14.9. The molecule has 3 aromatic rings. The Morgan fingerprint density at radius 1 is 1.09 bits per heavy atom. The molecule has 0 radical (unpaired) electrons. The highest BCUT2D eigenvalue weighted by molar-refractivity contribution is 5.96. The molecule has 1 aliphatic rings. The van der Waals surface area contributed by atoms with E-state index in [4.69, 9.17) is 4.42 Å². The van der Waals surface area contributed by atoms with E-state index in [1.165, 1.54) is 11.1 Å². The molecule has 110 valence electrons. The molecular formula is C19H17NO2. The first-order valence-electron chi connectivity index (χ1n) is 7.68. The van der Waals surface area contributed by atoms with Crippen molar-refractivity contribution in [2.45, 2.75) is 25.3 Å². The number of para-hydroxylation sites is 1. The average molecular weight is 291 g/mol. The van der Waals surface area contributed by atoms with E-state index in [0.29, 0.717) is 5.76 Å². The molecule has 0 saturated heterocycles. The molecule has 1 aliphatic carbocycles. The van der Waals surface area contributed by atoms with Gasteiger partial charge in [0.05, 0.1) is 6.04 Å². The number of hydrogen-bond acceptors (Lipinski definition) is 2. The number of carbonyl (C=O) groups excluding carboxylic acids is 1. The van der Waals surface area contributed by atoms with Crippen LogP contribution in [0.25, 0.3) is 11.0 Å². The van der Waals surface area contributed by atoms with E-state index >= 15 is 0 Å². The Morgan fingerprint density at radius 3 is 2.82 bits per heavy atom. The van der Waals surface area contributed by atoms with Crippen molar-refractivity contribution >= 4 is 16.9 Å². The quantitative estimate of drug-likeness (QED) is 0.767. The largest absolute Gasteiger partial charge is 0.451 e. The Kier molecular flexibility index (Phi) is 3.19. The zero-order valence-corrected chi connectivity index (χ0v) is 12.2. The van der Waals surface area contributed by atoms with Crippen LogP contribution >= 0.6 is 0 Å². The third kappa shape index (κ3) is 2.29. The van der Waals surface area contributed by atoms with E-state index in [0.717, 1.165) is 30.2 Å². The number of carbonyl (C=O) groups is 1. The standard InChI is InChI=1S/C19H17NO2/c21-19(18-12-14-7-2-4-11-17(14)22-18)20-16-10-5-8-13-6-1-3-9-15(13)16/h1-4,6-7,9,11-12,16H,5,8,10H2,(H,20,21). The molecule has 22 heavy (non-hydrogen) atoms. The van der Waals surface area contributed by atoms with Crippen molar-refractivity contribution in [3.8, 4) is 0 Å². The van der Waals surface area contributed by atoms with Crippen molar-refractivity contribution in [3.05, 3.63) is 71.5 Å². The number of benzene rings is 2. The molecule has 0 fully saturated rings. The van der Waals surface area contributed by atoms with Crippen LogP contribution in [0.4, 0.5) is 0 Å². The summed E-state index contributed by atoms with van der Waals surface area (Å²) in [7, 11) is 0. The number of furan rings is 1. The van der Waals surface area contributed by atoms with Crippen LogP contribution < -0.4 is 5.32 Å². The second kappa shape index (κ2) is 5.34. The molecule has 0 aliphatic heterocycles. The van der Waals surface area contributed by atoms with Gasteiger partial charge in [0.1, 0.15) is 5.58 Å². The van der Waals surface area contributed by atoms with Gasteiger partial charge in [-0.3, -0.25) is 4.79 Å². The minimum absolute atomic E-state index is 0.0747. The maximum atomic E-state index is 12.5. The van der Waals surface area contributed by atoms with E-state index in [9.17, 15) is 4.79 Å². The third-order valence-electron chi connectivity index (χ3n) is 4.32. The summed E-state index contributed by atoms with van der Waals surface area (Å²) < 4.78 is 5.65.